The molecule has 5 heterocycles. The van der Waals surface area contributed by atoms with E-state index in [-0.39, 0.29) is 30.0 Å². The third-order valence-electron chi connectivity index (χ3n) is 10.5. The summed E-state index contributed by atoms with van der Waals surface area (Å²) in [6.07, 6.45) is 8.33. The summed E-state index contributed by atoms with van der Waals surface area (Å²) in [6.45, 7) is 4.81. The molecule has 4 aromatic rings. The fraction of sp³-hybridized carbons (Fsp3) is 0.514. The third-order valence-corrected chi connectivity index (χ3v) is 10.5. The first-order valence-electron chi connectivity index (χ1n) is 17.0. The Hall–Kier alpha value is -4.25. The molecule has 0 bridgehead atoms. The van der Waals surface area contributed by atoms with Crippen molar-refractivity contribution in [3.8, 4) is 11.4 Å². The second kappa shape index (κ2) is 13.6. The molecule has 11 nitrogen and oxygen atoms in total. The lowest BCUT2D eigenvalue weighted by Gasteiger charge is -2.39. The molecule has 3 saturated heterocycles. The topological polar surface area (TPSA) is 132 Å². The van der Waals surface area contributed by atoms with Crippen molar-refractivity contribution in [2.24, 2.45) is 17.8 Å². The zero-order valence-corrected chi connectivity index (χ0v) is 26.4. The predicted octanol–water partition coefficient (Wildman–Crippen LogP) is 3.77. The number of rotatable bonds is 8. The highest BCUT2D eigenvalue weighted by molar-refractivity contribution is 5.86. The first kappa shape index (κ1) is 30.4. The first-order valence-corrected chi connectivity index (χ1v) is 17.0. The Balaban J connectivity index is 1.01. The average Bonchev–Trinajstić information content (AvgIpc) is 3.75. The summed E-state index contributed by atoms with van der Waals surface area (Å²) < 4.78 is 1.54. The SMILES string of the molecule is O=C(CC(Cc1ccc2[nH]ncc2c1)C(=O)N1CCC(C2CCNCC2)CC1)N1CCC(n2nc(-c3ccccc3)[nH]c2=O)CC1. The van der Waals surface area contributed by atoms with Crippen molar-refractivity contribution in [2.45, 2.75) is 57.4 Å². The van der Waals surface area contributed by atoms with E-state index in [1.165, 1.54) is 17.5 Å². The van der Waals surface area contributed by atoms with Gasteiger partial charge in [0.05, 0.1) is 23.7 Å². The van der Waals surface area contributed by atoms with Crippen LogP contribution in [0.1, 0.15) is 56.6 Å². The van der Waals surface area contributed by atoms with Crippen LogP contribution in [0, 0.1) is 17.8 Å². The molecule has 1 atom stereocenters. The minimum absolute atomic E-state index is 0.00475. The second-order valence-corrected chi connectivity index (χ2v) is 13.3. The van der Waals surface area contributed by atoms with Crippen LogP contribution >= 0.6 is 0 Å². The fourth-order valence-corrected chi connectivity index (χ4v) is 7.83. The molecule has 46 heavy (non-hydrogen) atoms. The number of nitrogens with one attached hydrogen (secondary N) is 3. The molecule has 0 spiro atoms. The summed E-state index contributed by atoms with van der Waals surface area (Å²) in [6, 6.07) is 15.6. The van der Waals surface area contributed by atoms with E-state index in [1.54, 1.807) is 6.20 Å². The number of amides is 2. The molecule has 2 aromatic carbocycles. The molecular formula is C35H44N8O3. The molecule has 3 fully saturated rings. The van der Waals surface area contributed by atoms with Gasteiger partial charge in [0.15, 0.2) is 5.82 Å². The maximum Gasteiger partial charge on any atom is 0.343 e. The van der Waals surface area contributed by atoms with E-state index in [4.69, 9.17) is 0 Å². The molecule has 0 radical (unpaired) electrons. The average molecular weight is 625 g/mol. The second-order valence-electron chi connectivity index (χ2n) is 13.3. The van der Waals surface area contributed by atoms with Gasteiger partial charge in [0.2, 0.25) is 11.8 Å². The third kappa shape index (κ3) is 6.65. The standard InChI is InChI=1S/C35H44N8O3/c44-32(41-18-12-30(13-19-41)43-35(46)38-33(40-43)27-4-2-1-3-5-27)22-28(20-24-6-7-31-29(21-24)23-37-39-31)34(45)42-16-10-26(11-17-42)25-8-14-36-15-9-25/h1-7,21,23,25-26,28,30,36H,8-20,22H2,(H,37,39)(H,38,40,46). The van der Waals surface area contributed by atoms with Crippen molar-refractivity contribution < 1.29 is 9.59 Å². The molecular weight excluding hydrogens is 580 g/mol. The van der Waals surface area contributed by atoms with Gasteiger partial charge in [-0.25, -0.2) is 9.48 Å². The number of hydrogen-bond acceptors (Lipinski definition) is 6. The zero-order valence-electron chi connectivity index (χ0n) is 26.4. The molecule has 2 aromatic heterocycles. The number of aromatic nitrogens is 5. The number of hydrogen-bond donors (Lipinski definition) is 3. The van der Waals surface area contributed by atoms with Crippen molar-refractivity contribution >= 4 is 22.7 Å². The first-order chi connectivity index (χ1) is 22.5. The van der Waals surface area contributed by atoms with E-state index in [0.717, 1.165) is 67.0 Å². The van der Waals surface area contributed by atoms with Gasteiger partial charge in [0.1, 0.15) is 0 Å². The van der Waals surface area contributed by atoms with Crippen molar-refractivity contribution in [3.05, 3.63) is 70.8 Å². The largest absolute Gasteiger partial charge is 0.343 e. The number of benzene rings is 2. The van der Waals surface area contributed by atoms with E-state index < -0.39 is 5.92 Å². The van der Waals surface area contributed by atoms with Crippen LogP contribution < -0.4 is 11.0 Å². The summed E-state index contributed by atoms with van der Waals surface area (Å²) in [5, 5.41) is 16.2. The van der Waals surface area contributed by atoms with Crippen LogP contribution in [-0.4, -0.2) is 85.8 Å². The van der Waals surface area contributed by atoms with Crippen molar-refractivity contribution in [3.63, 3.8) is 0 Å². The maximum atomic E-state index is 14.1. The van der Waals surface area contributed by atoms with Crippen LogP contribution in [0.5, 0.6) is 0 Å². The lowest BCUT2D eigenvalue weighted by atomic mass is 9.79. The van der Waals surface area contributed by atoms with Crippen LogP contribution in [0.25, 0.3) is 22.3 Å². The quantitative estimate of drug-likeness (QED) is 0.274. The van der Waals surface area contributed by atoms with Crippen LogP contribution in [-0.2, 0) is 16.0 Å². The van der Waals surface area contributed by atoms with Crippen LogP contribution in [0.3, 0.4) is 0 Å². The van der Waals surface area contributed by atoms with E-state index in [1.807, 2.05) is 52.3 Å². The van der Waals surface area contributed by atoms with Gasteiger partial charge in [-0.05, 0) is 87.6 Å². The van der Waals surface area contributed by atoms with Crippen LogP contribution in [0.2, 0.25) is 0 Å². The van der Waals surface area contributed by atoms with Gasteiger partial charge in [-0.2, -0.15) is 5.10 Å². The highest BCUT2D eigenvalue weighted by Gasteiger charge is 2.34. The summed E-state index contributed by atoms with van der Waals surface area (Å²) in [4.78, 5) is 47.4. The van der Waals surface area contributed by atoms with E-state index in [9.17, 15) is 14.4 Å². The summed E-state index contributed by atoms with van der Waals surface area (Å²) in [5.41, 5.74) is 2.63. The number of H-pyrrole nitrogens is 2. The Morgan fingerprint density at radius 2 is 1.59 bits per heavy atom. The molecule has 242 valence electrons. The minimum atomic E-state index is -0.424. The normalized spacial score (nSPS) is 19.5. The zero-order chi connectivity index (χ0) is 31.5. The van der Waals surface area contributed by atoms with Gasteiger partial charge >= 0.3 is 5.69 Å². The Labute approximate surface area is 268 Å². The van der Waals surface area contributed by atoms with Gasteiger partial charge in [0.25, 0.3) is 0 Å². The smallest absolute Gasteiger partial charge is 0.343 e. The van der Waals surface area contributed by atoms with Crippen molar-refractivity contribution in [1.82, 2.24) is 40.1 Å². The molecule has 2 amide bonds. The predicted molar refractivity (Wildman–Crippen MR) is 176 cm³/mol. The van der Waals surface area contributed by atoms with Crippen LogP contribution in [0.4, 0.5) is 0 Å². The van der Waals surface area contributed by atoms with E-state index >= 15 is 0 Å². The summed E-state index contributed by atoms with van der Waals surface area (Å²) >= 11 is 0. The lowest BCUT2D eigenvalue weighted by Crippen LogP contribution is -2.46. The van der Waals surface area contributed by atoms with Crippen LogP contribution in [0.15, 0.2) is 59.5 Å². The van der Waals surface area contributed by atoms with Gasteiger partial charge in [-0.1, -0.05) is 36.4 Å². The minimum Gasteiger partial charge on any atom is -0.343 e. The number of likely N-dealkylation sites (tertiary alicyclic amines) is 2. The number of carbonyl (C=O) groups is 2. The highest BCUT2D eigenvalue weighted by atomic mass is 16.2. The molecule has 3 N–H and O–H groups in total. The summed E-state index contributed by atoms with van der Waals surface area (Å²) in [7, 11) is 0. The van der Waals surface area contributed by atoms with Crippen molar-refractivity contribution in [1.29, 1.82) is 0 Å². The van der Waals surface area contributed by atoms with Gasteiger partial charge < -0.3 is 15.1 Å². The number of piperidine rings is 3. The number of carbonyl (C=O) groups excluding carboxylic acids is 2. The summed E-state index contributed by atoms with van der Waals surface area (Å²) in [5.74, 6) is 1.66. The van der Waals surface area contributed by atoms with Crippen molar-refractivity contribution in [2.75, 3.05) is 39.3 Å². The molecule has 0 saturated carbocycles. The highest BCUT2D eigenvalue weighted by Crippen LogP contribution is 2.32. The molecule has 0 aliphatic carbocycles. The van der Waals surface area contributed by atoms with E-state index in [0.29, 0.717) is 44.1 Å². The Bertz CT molecular complexity index is 1690. The molecule has 11 heteroatoms. The Morgan fingerprint density at radius 3 is 2.35 bits per heavy atom. The Kier molecular flexibility index (Phi) is 9.00. The van der Waals surface area contributed by atoms with E-state index in [2.05, 4.69) is 31.7 Å². The Morgan fingerprint density at radius 1 is 0.870 bits per heavy atom. The molecule has 7 rings (SSSR count). The molecule has 3 aliphatic heterocycles. The number of fused-ring (bicyclic) bond motifs is 1. The van der Waals surface area contributed by atoms with Gasteiger partial charge in [-0.3, -0.25) is 19.7 Å². The van der Waals surface area contributed by atoms with Gasteiger partial charge in [-0.15, -0.1) is 5.10 Å². The number of aromatic amines is 2. The molecule has 1 unspecified atom stereocenters. The maximum absolute atomic E-state index is 14.1. The fourth-order valence-electron chi connectivity index (χ4n) is 7.83. The lowest BCUT2D eigenvalue weighted by molar-refractivity contribution is -0.143. The van der Waals surface area contributed by atoms with Gasteiger partial charge in [0, 0.05) is 43.5 Å². The molecule has 3 aliphatic rings. The number of nitrogens with zero attached hydrogens (tertiary/aromatic N) is 5. The monoisotopic (exact) mass is 624 g/mol.